The van der Waals surface area contributed by atoms with Crippen LogP contribution in [-0.2, 0) is 15.7 Å². The predicted molar refractivity (Wildman–Crippen MR) is 46.7 cm³/mol. The number of carbonyl (C=O) groups is 1. The van der Waals surface area contributed by atoms with Gasteiger partial charge in [-0.3, -0.25) is 0 Å². The topological polar surface area (TPSA) is 49.8 Å². The van der Waals surface area contributed by atoms with Gasteiger partial charge in [-0.1, -0.05) is 12.1 Å². The van der Waals surface area contributed by atoms with E-state index in [1.165, 1.54) is 12.1 Å². The maximum atomic E-state index is 12.2. The molecule has 1 aliphatic heterocycles. The SMILES string of the molecule is O=C(O)[C@H]1O[C@@H]1c1ccc(C(F)(F)F)cc1. The molecular weight excluding hydrogens is 225 g/mol. The highest BCUT2D eigenvalue weighted by atomic mass is 19.4. The van der Waals surface area contributed by atoms with Crippen molar-refractivity contribution >= 4 is 5.97 Å². The Morgan fingerprint density at radius 1 is 1.25 bits per heavy atom. The van der Waals surface area contributed by atoms with Crippen LogP contribution in [0.25, 0.3) is 0 Å². The Bertz CT molecular complexity index is 410. The molecule has 2 rings (SSSR count). The third-order valence-electron chi connectivity index (χ3n) is 2.30. The van der Waals surface area contributed by atoms with E-state index in [9.17, 15) is 18.0 Å². The zero-order chi connectivity index (χ0) is 11.9. The summed E-state index contributed by atoms with van der Waals surface area (Å²) in [5.74, 6) is -1.11. The third kappa shape index (κ3) is 2.01. The molecule has 0 spiro atoms. The number of carboxylic acids is 1. The Kier molecular flexibility index (Phi) is 2.38. The second-order valence-electron chi connectivity index (χ2n) is 3.44. The lowest BCUT2D eigenvalue weighted by molar-refractivity contribution is -0.139. The van der Waals surface area contributed by atoms with Gasteiger partial charge in [-0.15, -0.1) is 0 Å². The summed E-state index contributed by atoms with van der Waals surface area (Å²) in [5.41, 5.74) is -0.316. The fraction of sp³-hybridized carbons (Fsp3) is 0.300. The van der Waals surface area contributed by atoms with Gasteiger partial charge in [0.05, 0.1) is 5.56 Å². The Balaban J connectivity index is 2.13. The molecule has 0 aliphatic carbocycles. The highest BCUT2D eigenvalue weighted by Gasteiger charge is 2.46. The van der Waals surface area contributed by atoms with Gasteiger partial charge in [-0.05, 0) is 17.7 Å². The van der Waals surface area contributed by atoms with Crippen LogP contribution in [0.3, 0.4) is 0 Å². The molecule has 0 amide bonds. The van der Waals surface area contributed by atoms with Gasteiger partial charge >= 0.3 is 12.1 Å². The number of rotatable bonds is 2. The summed E-state index contributed by atoms with van der Waals surface area (Å²) in [5, 5.41) is 8.56. The second kappa shape index (κ2) is 3.48. The third-order valence-corrected chi connectivity index (χ3v) is 2.30. The maximum Gasteiger partial charge on any atom is 0.416 e. The number of ether oxygens (including phenoxy) is 1. The molecular formula is C10H7F3O3. The Morgan fingerprint density at radius 2 is 1.81 bits per heavy atom. The molecule has 0 saturated carbocycles. The summed E-state index contributed by atoms with van der Waals surface area (Å²) in [7, 11) is 0. The van der Waals surface area contributed by atoms with Crippen LogP contribution in [0, 0.1) is 0 Å². The van der Waals surface area contributed by atoms with Gasteiger partial charge in [0, 0.05) is 0 Å². The van der Waals surface area contributed by atoms with E-state index < -0.39 is 29.9 Å². The van der Waals surface area contributed by atoms with Crippen LogP contribution in [0.1, 0.15) is 17.2 Å². The lowest BCUT2D eigenvalue weighted by atomic mass is 10.1. The van der Waals surface area contributed by atoms with Crippen molar-refractivity contribution in [3.63, 3.8) is 0 Å². The number of hydrogen-bond acceptors (Lipinski definition) is 2. The highest BCUT2D eigenvalue weighted by Crippen LogP contribution is 2.39. The van der Waals surface area contributed by atoms with Gasteiger partial charge in [0.25, 0.3) is 0 Å². The molecule has 1 aromatic carbocycles. The fourth-order valence-corrected chi connectivity index (χ4v) is 1.42. The fourth-order valence-electron chi connectivity index (χ4n) is 1.42. The standard InChI is InChI=1S/C10H7F3O3/c11-10(12,13)6-3-1-5(2-4-6)7-8(16-7)9(14)15/h1-4,7-8H,(H,14,15)/t7-,8+/m1/s1. The smallest absolute Gasteiger partial charge is 0.416 e. The Morgan fingerprint density at radius 3 is 2.19 bits per heavy atom. The minimum Gasteiger partial charge on any atom is -0.479 e. The minimum atomic E-state index is -4.38. The van der Waals surface area contributed by atoms with Crippen molar-refractivity contribution in [1.29, 1.82) is 0 Å². The molecule has 3 nitrogen and oxygen atoms in total. The minimum absolute atomic E-state index is 0.445. The van der Waals surface area contributed by atoms with Gasteiger partial charge in [-0.25, -0.2) is 4.79 Å². The molecule has 6 heteroatoms. The average molecular weight is 232 g/mol. The van der Waals surface area contributed by atoms with Gasteiger partial charge < -0.3 is 9.84 Å². The molecule has 86 valence electrons. The number of epoxide rings is 1. The number of aliphatic carboxylic acids is 1. The Hall–Kier alpha value is -1.56. The zero-order valence-corrected chi connectivity index (χ0v) is 7.86. The molecule has 2 atom stereocenters. The van der Waals surface area contributed by atoms with Gasteiger partial charge in [0.2, 0.25) is 0 Å². The number of halogens is 3. The van der Waals surface area contributed by atoms with Gasteiger partial charge in [0.1, 0.15) is 6.10 Å². The maximum absolute atomic E-state index is 12.2. The van der Waals surface area contributed by atoms with E-state index in [1.807, 2.05) is 0 Å². The largest absolute Gasteiger partial charge is 0.479 e. The van der Waals surface area contributed by atoms with Crippen LogP contribution in [0.2, 0.25) is 0 Å². The molecule has 1 aliphatic rings. The lowest BCUT2D eigenvalue weighted by Crippen LogP contribution is -2.06. The van der Waals surface area contributed by atoms with Crippen molar-refractivity contribution in [2.24, 2.45) is 0 Å². The average Bonchev–Trinajstić information content (AvgIpc) is 2.96. The highest BCUT2D eigenvalue weighted by molar-refractivity contribution is 5.76. The first-order valence-electron chi connectivity index (χ1n) is 4.45. The van der Waals surface area contributed by atoms with Gasteiger partial charge in [-0.2, -0.15) is 13.2 Å². The van der Waals surface area contributed by atoms with Crippen LogP contribution in [-0.4, -0.2) is 17.2 Å². The monoisotopic (exact) mass is 232 g/mol. The molecule has 1 N–H and O–H groups in total. The van der Waals surface area contributed by atoms with Crippen molar-refractivity contribution in [3.05, 3.63) is 35.4 Å². The van der Waals surface area contributed by atoms with E-state index >= 15 is 0 Å². The molecule has 0 bridgehead atoms. The number of carboxylic acid groups (broad SMARTS) is 1. The first kappa shape index (κ1) is 10.9. The first-order chi connectivity index (χ1) is 7.39. The molecule has 1 saturated heterocycles. The summed E-state index contributed by atoms with van der Waals surface area (Å²) in [4.78, 5) is 10.5. The van der Waals surface area contributed by atoms with E-state index in [0.29, 0.717) is 5.56 Å². The van der Waals surface area contributed by atoms with E-state index in [4.69, 9.17) is 9.84 Å². The van der Waals surface area contributed by atoms with E-state index in [1.54, 1.807) is 0 Å². The summed E-state index contributed by atoms with van der Waals surface area (Å²) in [6.07, 6.45) is -5.94. The summed E-state index contributed by atoms with van der Waals surface area (Å²) >= 11 is 0. The predicted octanol–water partition coefficient (Wildman–Crippen LogP) is 2.23. The van der Waals surface area contributed by atoms with E-state index in [2.05, 4.69) is 0 Å². The summed E-state index contributed by atoms with van der Waals surface area (Å²) in [6, 6.07) is 4.29. The molecule has 16 heavy (non-hydrogen) atoms. The van der Waals surface area contributed by atoms with Crippen molar-refractivity contribution in [2.45, 2.75) is 18.4 Å². The second-order valence-corrected chi connectivity index (χ2v) is 3.44. The zero-order valence-electron chi connectivity index (χ0n) is 7.86. The van der Waals surface area contributed by atoms with Crippen molar-refractivity contribution in [3.8, 4) is 0 Å². The molecule has 1 aromatic rings. The molecule has 1 heterocycles. The van der Waals surface area contributed by atoms with E-state index in [-0.39, 0.29) is 0 Å². The molecule has 0 aromatic heterocycles. The van der Waals surface area contributed by atoms with Gasteiger partial charge in [0.15, 0.2) is 6.10 Å². The van der Waals surface area contributed by atoms with Crippen molar-refractivity contribution < 1.29 is 27.8 Å². The van der Waals surface area contributed by atoms with Crippen LogP contribution >= 0.6 is 0 Å². The number of hydrogen-bond donors (Lipinski definition) is 1. The van der Waals surface area contributed by atoms with Crippen molar-refractivity contribution in [1.82, 2.24) is 0 Å². The van der Waals surface area contributed by atoms with E-state index in [0.717, 1.165) is 12.1 Å². The van der Waals surface area contributed by atoms with Crippen molar-refractivity contribution in [2.75, 3.05) is 0 Å². The normalized spacial score (nSPS) is 24.2. The van der Waals surface area contributed by atoms with Crippen LogP contribution in [0.15, 0.2) is 24.3 Å². The van der Waals surface area contributed by atoms with Crippen LogP contribution in [0.5, 0.6) is 0 Å². The van der Waals surface area contributed by atoms with Crippen LogP contribution in [0.4, 0.5) is 13.2 Å². The Labute approximate surface area is 88.5 Å². The molecule has 0 radical (unpaired) electrons. The summed E-state index contributed by atoms with van der Waals surface area (Å²) < 4.78 is 41.5. The number of alkyl halides is 3. The molecule has 1 fully saturated rings. The lowest BCUT2D eigenvalue weighted by Gasteiger charge is -2.06. The number of benzene rings is 1. The van der Waals surface area contributed by atoms with Crippen LogP contribution < -0.4 is 0 Å². The summed E-state index contributed by atoms with van der Waals surface area (Å²) in [6.45, 7) is 0. The first-order valence-corrected chi connectivity index (χ1v) is 4.45. The molecule has 0 unspecified atom stereocenters. The quantitative estimate of drug-likeness (QED) is 0.795.